The number of nitrogens with zero attached hydrogens (tertiary/aromatic N) is 2. The number of halogens is 3. The van der Waals surface area contributed by atoms with Crippen LogP contribution in [0, 0.1) is 0 Å². The molecule has 0 radical (unpaired) electrons. The molecule has 0 amide bonds. The third kappa shape index (κ3) is 4.39. The molecule has 1 aliphatic heterocycles. The van der Waals surface area contributed by atoms with Gasteiger partial charge in [0.2, 0.25) is 5.88 Å². The van der Waals surface area contributed by atoms with Gasteiger partial charge in [0.05, 0.1) is 23.9 Å². The van der Waals surface area contributed by atoms with E-state index in [4.69, 9.17) is 9.47 Å². The van der Waals surface area contributed by atoms with E-state index in [1.165, 1.54) is 6.07 Å². The molecule has 3 rings (SSSR count). The Labute approximate surface area is 150 Å². The first kappa shape index (κ1) is 18.4. The van der Waals surface area contributed by atoms with Gasteiger partial charge in [0.15, 0.2) is 0 Å². The molecule has 7 heteroatoms. The summed E-state index contributed by atoms with van der Waals surface area (Å²) in [5.74, 6) is 1.02. The van der Waals surface area contributed by atoms with E-state index in [-0.39, 0.29) is 18.1 Å². The molecule has 0 bridgehead atoms. The number of alkyl halides is 3. The summed E-state index contributed by atoms with van der Waals surface area (Å²) in [7, 11) is 0. The summed E-state index contributed by atoms with van der Waals surface area (Å²) in [5.41, 5.74) is 0.213. The number of rotatable bonds is 5. The van der Waals surface area contributed by atoms with E-state index in [9.17, 15) is 13.2 Å². The van der Waals surface area contributed by atoms with Crippen LogP contribution in [0.4, 0.5) is 18.9 Å². The van der Waals surface area contributed by atoms with E-state index in [2.05, 4.69) is 9.88 Å². The minimum absolute atomic E-state index is 0.0714. The number of ether oxygens (including phenoxy) is 2. The van der Waals surface area contributed by atoms with Crippen LogP contribution in [0.5, 0.6) is 11.6 Å². The lowest BCUT2D eigenvalue weighted by atomic mass is 10.2. The van der Waals surface area contributed by atoms with Crippen LogP contribution in [0.2, 0.25) is 0 Å². The van der Waals surface area contributed by atoms with Gasteiger partial charge in [-0.05, 0) is 32.0 Å². The normalized spacial score (nSPS) is 17.6. The van der Waals surface area contributed by atoms with Crippen molar-refractivity contribution in [3.63, 3.8) is 0 Å². The molecule has 1 aromatic heterocycles. The van der Waals surface area contributed by atoms with Crippen LogP contribution in [0.1, 0.15) is 25.8 Å². The Balaban J connectivity index is 1.64. The first-order valence-corrected chi connectivity index (χ1v) is 8.53. The zero-order chi connectivity index (χ0) is 18.7. The molecule has 1 aliphatic rings. The van der Waals surface area contributed by atoms with Gasteiger partial charge in [-0.3, -0.25) is 0 Å². The number of pyridine rings is 1. The van der Waals surface area contributed by atoms with Gasteiger partial charge in [0.1, 0.15) is 11.9 Å². The standard InChI is InChI=1S/C19H21F3N2O2/c1-13(2)25-17-6-4-3-5-16(17)24-10-9-15(12-24)26-18-8-7-14(11-23-18)19(20,21)22/h3-8,11,13,15H,9-10,12H2,1-2H3/t15-/m1/s1. The summed E-state index contributed by atoms with van der Waals surface area (Å²) in [4.78, 5) is 5.94. The van der Waals surface area contributed by atoms with Crippen molar-refractivity contribution < 1.29 is 22.6 Å². The molecule has 1 atom stereocenters. The second kappa shape index (κ2) is 7.43. The molecule has 4 nitrogen and oxygen atoms in total. The fraction of sp³-hybridized carbons (Fsp3) is 0.421. The lowest BCUT2D eigenvalue weighted by Gasteiger charge is -2.23. The van der Waals surface area contributed by atoms with Gasteiger partial charge in [-0.25, -0.2) is 4.98 Å². The Bertz CT molecular complexity index is 732. The lowest BCUT2D eigenvalue weighted by Crippen LogP contribution is -2.25. The maximum absolute atomic E-state index is 12.6. The maximum atomic E-state index is 12.6. The molecule has 0 N–H and O–H groups in total. The molecule has 26 heavy (non-hydrogen) atoms. The van der Waals surface area contributed by atoms with Crippen molar-refractivity contribution >= 4 is 5.69 Å². The molecule has 0 saturated carbocycles. The van der Waals surface area contributed by atoms with Crippen LogP contribution in [-0.4, -0.2) is 30.3 Å². The summed E-state index contributed by atoms with van der Waals surface area (Å²) in [6, 6.07) is 10.1. The van der Waals surface area contributed by atoms with E-state index >= 15 is 0 Å². The van der Waals surface area contributed by atoms with Gasteiger partial charge in [-0.15, -0.1) is 0 Å². The van der Waals surface area contributed by atoms with Gasteiger partial charge in [-0.2, -0.15) is 13.2 Å². The second-order valence-electron chi connectivity index (χ2n) is 6.49. The minimum Gasteiger partial charge on any atom is -0.489 e. The first-order valence-electron chi connectivity index (χ1n) is 8.53. The third-order valence-electron chi connectivity index (χ3n) is 4.06. The summed E-state index contributed by atoms with van der Waals surface area (Å²) < 4.78 is 49.4. The predicted molar refractivity (Wildman–Crippen MR) is 92.7 cm³/mol. The fourth-order valence-corrected chi connectivity index (χ4v) is 2.90. The summed E-state index contributed by atoms with van der Waals surface area (Å²) in [6.07, 6.45) is -2.89. The van der Waals surface area contributed by atoms with Crippen molar-refractivity contribution in [1.29, 1.82) is 0 Å². The molecule has 1 aromatic carbocycles. The molecular formula is C19H21F3N2O2. The van der Waals surface area contributed by atoms with E-state index in [1.54, 1.807) is 0 Å². The van der Waals surface area contributed by atoms with E-state index in [0.29, 0.717) is 6.54 Å². The second-order valence-corrected chi connectivity index (χ2v) is 6.49. The van der Waals surface area contributed by atoms with Gasteiger partial charge in [-0.1, -0.05) is 12.1 Å². The van der Waals surface area contributed by atoms with Crippen LogP contribution in [0.3, 0.4) is 0 Å². The number of hydrogen-bond donors (Lipinski definition) is 0. The number of anilines is 1. The zero-order valence-electron chi connectivity index (χ0n) is 14.7. The van der Waals surface area contributed by atoms with Crippen molar-refractivity contribution in [2.45, 2.75) is 38.7 Å². The molecule has 1 fully saturated rings. The highest BCUT2D eigenvalue weighted by molar-refractivity contribution is 5.59. The first-order chi connectivity index (χ1) is 12.3. The maximum Gasteiger partial charge on any atom is 0.417 e. The van der Waals surface area contributed by atoms with Crippen LogP contribution >= 0.6 is 0 Å². The average Bonchev–Trinajstić information content (AvgIpc) is 3.03. The molecule has 2 aromatic rings. The summed E-state index contributed by atoms with van der Waals surface area (Å²) in [6.45, 7) is 5.36. The monoisotopic (exact) mass is 366 g/mol. The topological polar surface area (TPSA) is 34.6 Å². The van der Waals surface area contributed by atoms with Crippen LogP contribution in [-0.2, 0) is 6.18 Å². The highest BCUT2D eigenvalue weighted by Crippen LogP contribution is 2.33. The van der Waals surface area contributed by atoms with E-state index < -0.39 is 11.7 Å². The quantitative estimate of drug-likeness (QED) is 0.778. The Kier molecular flexibility index (Phi) is 5.25. The number of para-hydroxylation sites is 2. The molecule has 2 heterocycles. The van der Waals surface area contributed by atoms with Crippen molar-refractivity contribution in [1.82, 2.24) is 4.98 Å². The van der Waals surface area contributed by atoms with E-state index in [1.807, 2.05) is 38.1 Å². The molecule has 140 valence electrons. The molecule has 0 unspecified atom stereocenters. The molecular weight excluding hydrogens is 345 g/mol. The van der Waals surface area contributed by atoms with Gasteiger partial charge in [0.25, 0.3) is 0 Å². The van der Waals surface area contributed by atoms with Crippen LogP contribution in [0.15, 0.2) is 42.6 Å². The predicted octanol–water partition coefficient (Wildman–Crippen LogP) is 4.55. The van der Waals surface area contributed by atoms with Crippen molar-refractivity contribution in [3.8, 4) is 11.6 Å². The average molecular weight is 366 g/mol. The fourth-order valence-electron chi connectivity index (χ4n) is 2.90. The summed E-state index contributed by atoms with van der Waals surface area (Å²) >= 11 is 0. The summed E-state index contributed by atoms with van der Waals surface area (Å²) in [5, 5.41) is 0. The van der Waals surface area contributed by atoms with Crippen molar-refractivity contribution in [2.24, 2.45) is 0 Å². The SMILES string of the molecule is CC(C)Oc1ccccc1N1CC[C@@H](Oc2ccc(C(F)(F)F)cn2)C1. The van der Waals surface area contributed by atoms with Crippen molar-refractivity contribution in [2.75, 3.05) is 18.0 Å². The zero-order valence-corrected chi connectivity index (χ0v) is 14.7. The van der Waals surface area contributed by atoms with Crippen molar-refractivity contribution in [3.05, 3.63) is 48.2 Å². The highest BCUT2D eigenvalue weighted by atomic mass is 19.4. The van der Waals surface area contributed by atoms with E-state index in [0.717, 1.165) is 36.7 Å². The van der Waals surface area contributed by atoms with Crippen LogP contribution < -0.4 is 14.4 Å². The van der Waals surface area contributed by atoms with Gasteiger partial charge >= 0.3 is 6.18 Å². The molecule has 0 aliphatic carbocycles. The molecule has 0 spiro atoms. The largest absolute Gasteiger partial charge is 0.489 e. The smallest absolute Gasteiger partial charge is 0.417 e. The lowest BCUT2D eigenvalue weighted by molar-refractivity contribution is -0.137. The molecule has 1 saturated heterocycles. The number of aromatic nitrogens is 1. The van der Waals surface area contributed by atoms with Crippen LogP contribution in [0.25, 0.3) is 0 Å². The number of hydrogen-bond acceptors (Lipinski definition) is 4. The third-order valence-corrected chi connectivity index (χ3v) is 4.06. The minimum atomic E-state index is -4.39. The van der Waals surface area contributed by atoms with Gasteiger partial charge < -0.3 is 14.4 Å². The Morgan fingerprint density at radius 3 is 2.58 bits per heavy atom. The Morgan fingerprint density at radius 2 is 1.92 bits per heavy atom. The number of benzene rings is 1. The van der Waals surface area contributed by atoms with Gasteiger partial charge in [0, 0.05) is 25.2 Å². The Morgan fingerprint density at radius 1 is 1.15 bits per heavy atom. The highest BCUT2D eigenvalue weighted by Gasteiger charge is 2.31. The Hall–Kier alpha value is -2.44.